The van der Waals surface area contributed by atoms with Gasteiger partial charge in [0.2, 0.25) is 5.76 Å². The van der Waals surface area contributed by atoms with E-state index < -0.39 is 5.97 Å². The average molecular weight is 378 g/mol. The zero-order valence-electron chi connectivity index (χ0n) is 12.7. The van der Waals surface area contributed by atoms with Crippen molar-refractivity contribution >= 4 is 33.5 Å². The lowest BCUT2D eigenvalue weighted by Gasteiger charge is -2.29. The van der Waals surface area contributed by atoms with Gasteiger partial charge in [-0.1, -0.05) is 18.2 Å². The number of nitrogens with zero attached hydrogens (tertiary/aromatic N) is 1. The highest BCUT2D eigenvalue weighted by molar-refractivity contribution is 9.10. The summed E-state index contributed by atoms with van der Waals surface area (Å²) in [5.41, 5.74) is 2.71. The van der Waals surface area contributed by atoms with Crippen LogP contribution in [-0.4, -0.2) is 25.0 Å². The summed E-state index contributed by atoms with van der Waals surface area (Å²) in [5.74, 6) is -0.746. The number of furan rings is 1. The van der Waals surface area contributed by atoms with Gasteiger partial charge in [0.05, 0.1) is 0 Å². The lowest BCUT2D eigenvalue weighted by molar-refractivity contribution is -0.121. The summed E-state index contributed by atoms with van der Waals surface area (Å²) in [6.07, 6.45) is 1.86. The molecule has 0 radical (unpaired) electrons. The summed E-state index contributed by atoms with van der Waals surface area (Å²) >= 11 is 3.16. The quantitative estimate of drug-likeness (QED) is 0.768. The minimum absolute atomic E-state index is 0.115. The molecule has 3 rings (SSSR count). The SMILES string of the molecule is Cc1cc(Br)oc1C(=O)OCC(=O)N1CCCc2ccccc21. The molecule has 23 heavy (non-hydrogen) atoms. The Bertz CT molecular complexity index is 753. The van der Waals surface area contributed by atoms with E-state index in [0.717, 1.165) is 24.1 Å². The maximum atomic E-state index is 12.4. The Morgan fingerprint density at radius 1 is 1.35 bits per heavy atom. The van der Waals surface area contributed by atoms with E-state index in [9.17, 15) is 9.59 Å². The van der Waals surface area contributed by atoms with E-state index in [-0.39, 0.29) is 18.3 Å². The molecule has 2 heterocycles. The van der Waals surface area contributed by atoms with E-state index in [1.807, 2.05) is 24.3 Å². The van der Waals surface area contributed by atoms with Gasteiger partial charge >= 0.3 is 5.97 Å². The summed E-state index contributed by atoms with van der Waals surface area (Å²) in [7, 11) is 0. The van der Waals surface area contributed by atoms with Crippen molar-refractivity contribution in [3.63, 3.8) is 0 Å². The molecule has 1 aliphatic rings. The van der Waals surface area contributed by atoms with Crippen LogP contribution in [0.4, 0.5) is 5.69 Å². The maximum absolute atomic E-state index is 12.4. The lowest BCUT2D eigenvalue weighted by atomic mass is 10.0. The maximum Gasteiger partial charge on any atom is 0.375 e. The van der Waals surface area contributed by atoms with Gasteiger partial charge in [0, 0.05) is 17.8 Å². The second kappa shape index (κ2) is 6.58. The predicted octanol–water partition coefficient (Wildman–Crippen LogP) is 3.49. The number of aryl methyl sites for hydroxylation is 2. The van der Waals surface area contributed by atoms with Gasteiger partial charge in [-0.2, -0.15) is 0 Å². The molecular weight excluding hydrogens is 362 g/mol. The number of hydrogen-bond acceptors (Lipinski definition) is 4. The number of esters is 1. The molecule has 0 aliphatic carbocycles. The number of benzene rings is 1. The molecule has 0 spiro atoms. The molecule has 1 aromatic carbocycles. The summed E-state index contributed by atoms with van der Waals surface area (Å²) in [6.45, 7) is 2.08. The van der Waals surface area contributed by atoms with Crippen LogP contribution in [0.5, 0.6) is 0 Å². The summed E-state index contributed by atoms with van der Waals surface area (Å²) in [6, 6.07) is 9.48. The Labute approximate surface area is 142 Å². The van der Waals surface area contributed by atoms with Crippen LogP contribution in [0.15, 0.2) is 39.4 Å². The van der Waals surface area contributed by atoms with Crippen molar-refractivity contribution in [3.8, 4) is 0 Å². The largest absolute Gasteiger partial charge is 0.450 e. The van der Waals surface area contributed by atoms with Crippen LogP contribution >= 0.6 is 15.9 Å². The molecule has 2 aromatic rings. The predicted molar refractivity (Wildman–Crippen MR) is 88.5 cm³/mol. The standard InChI is InChI=1S/C17H16BrNO4/c1-11-9-14(18)23-16(11)17(21)22-10-15(20)19-8-4-6-12-5-2-3-7-13(12)19/h2-3,5,7,9H,4,6,8,10H2,1H3. The molecule has 0 saturated heterocycles. The van der Waals surface area contributed by atoms with Crippen LogP contribution in [0.25, 0.3) is 0 Å². The Morgan fingerprint density at radius 3 is 2.87 bits per heavy atom. The van der Waals surface area contributed by atoms with Crippen molar-refractivity contribution in [2.24, 2.45) is 0 Å². The zero-order valence-corrected chi connectivity index (χ0v) is 14.3. The van der Waals surface area contributed by atoms with Gasteiger partial charge in [-0.3, -0.25) is 4.79 Å². The molecule has 1 aromatic heterocycles. The molecule has 6 heteroatoms. The van der Waals surface area contributed by atoms with E-state index in [4.69, 9.17) is 9.15 Å². The number of fused-ring (bicyclic) bond motifs is 1. The lowest BCUT2D eigenvalue weighted by Crippen LogP contribution is -2.38. The van der Waals surface area contributed by atoms with Crippen molar-refractivity contribution in [1.82, 2.24) is 0 Å². The smallest absolute Gasteiger partial charge is 0.375 e. The highest BCUT2D eigenvalue weighted by Gasteiger charge is 2.24. The van der Waals surface area contributed by atoms with E-state index in [1.165, 1.54) is 0 Å². The van der Waals surface area contributed by atoms with Crippen molar-refractivity contribution in [3.05, 3.63) is 51.9 Å². The van der Waals surface area contributed by atoms with Crippen LogP contribution in [0, 0.1) is 6.92 Å². The highest BCUT2D eigenvalue weighted by Crippen LogP contribution is 2.27. The zero-order chi connectivity index (χ0) is 16.4. The summed E-state index contributed by atoms with van der Waals surface area (Å²) < 4.78 is 10.8. The Kier molecular flexibility index (Phi) is 4.52. The van der Waals surface area contributed by atoms with Gasteiger partial charge < -0.3 is 14.1 Å². The topological polar surface area (TPSA) is 59.8 Å². The number of carbonyl (C=O) groups excluding carboxylic acids is 2. The first-order valence-corrected chi connectivity index (χ1v) is 8.17. The van der Waals surface area contributed by atoms with Gasteiger partial charge in [0.1, 0.15) is 0 Å². The fourth-order valence-electron chi connectivity index (χ4n) is 2.71. The van der Waals surface area contributed by atoms with Crippen LogP contribution in [0.3, 0.4) is 0 Å². The molecule has 0 fully saturated rings. The van der Waals surface area contributed by atoms with Crippen molar-refractivity contribution < 1.29 is 18.7 Å². The number of anilines is 1. The van der Waals surface area contributed by atoms with Gasteiger partial charge in [0.25, 0.3) is 5.91 Å². The first-order valence-electron chi connectivity index (χ1n) is 7.37. The molecule has 0 atom stereocenters. The number of halogens is 1. The van der Waals surface area contributed by atoms with Crippen LogP contribution in [-0.2, 0) is 16.0 Å². The van der Waals surface area contributed by atoms with E-state index >= 15 is 0 Å². The van der Waals surface area contributed by atoms with Gasteiger partial charge in [-0.25, -0.2) is 4.79 Å². The minimum atomic E-state index is -0.633. The summed E-state index contributed by atoms with van der Waals surface area (Å²) in [5, 5.41) is 0. The molecule has 0 unspecified atom stereocenters. The summed E-state index contributed by atoms with van der Waals surface area (Å²) in [4.78, 5) is 26.1. The number of ether oxygens (including phenoxy) is 1. The minimum Gasteiger partial charge on any atom is -0.450 e. The third-order valence-electron chi connectivity index (χ3n) is 3.81. The molecule has 5 nitrogen and oxygen atoms in total. The number of amides is 1. The number of hydrogen-bond donors (Lipinski definition) is 0. The third kappa shape index (κ3) is 3.32. The van der Waals surface area contributed by atoms with Crippen LogP contribution in [0.2, 0.25) is 0 Å². The van der Waals surface area contributed by atoms with E-state index in [1.54, 1.807) is 17.9 Å². The van der Waals surface area contributed by atoms with Crippen molar-refractivity contribution in [1.29, 1.82) is 0 Å². The molecule has 0 bridgehead atoms. The second-order valence-corrected chi connectivity index (χ2v) is 6.20. The first kappa shape index (κ1) is 15.8. The molecule has 0 saturated carbocycles. The van der Waals surface area contributed by atoms with Gasteiger partial charge in [0.15, 0.2) is 11.3 Å². The monoisotopic (exact) mass is 377 g/mol. The van der Waals surface area contributed by atoms with Crippen LogP contribution in [0.1, 0.15) is 28.1 Å². The molecule has 1 amide bonds. The van der Waals surface area contributed by atoms with Crippen molar-refractivity contribution in [2.45, 2.75) is 19.8 Å². The Balaban J connectivity index is 1.66. The van der Waals surface area contributed by atoms with Gasteiger partial charge in [-0.05, 0) is 53.4 Å². The Morgan fingerprint density at radius 2 is 2.13 bits per heavy atom. The number of carbonyl (C=O) groups is 2. The normalized spacial score (nSPS) is 13.6. The first-order chi connectivity index (χ1) is 11.1. The van der Waals surface area contributed by atoms with Crippen molar-refractivity contribution in [2.75, 3.05) is 18.1 Å². The van der Waals surface area contributed by atoms with E-state index in [2.05, 4.69) is 15.9 Å². The second-order valence-electron chi connectivity index (χ2n) is 5.42. The molecule has 1 aliphatic heterocycles. The molecule has 120 valence electrons. The number of para-hydroxylation sites is 1. The number of rotatable bonds is 3. The highest BCUT2D eigenvalue weighted by atomic mass is 79.9. The molecular formula is C17H16BrNO4. The Hall–Kier alpha value is -2.08. The average Bonchev–Trinajstić information content (AvgIpc) is 2.90. The van der Waals surface area contributed by atoms with E-state index in [0.29, 0.717) is 16.8 Å². The fraction of sp³-hybridized carbons (Fsp3) is 0.294. The van der Waals surface area contributed by atoms with Crippen LogP contribution < -0.4 is 4.90 Å². The third-order valence-corrected chi connectivity index (χ3v) is 4.20. The fourth-order valence-corrected chi connectivity index (χ4v) is 3.21. The molecule has 0 N–H and O–H groups in total. The van der Waals surface area contributed by atoms with Gasteiger partial charge in [-0.15, -0.1) is 0 Å².